The molecule has 0 saturated heterocycles. The Morgan fingerprint density at radius 1 is 1.43 bits per heavy atom. The number of furan rings is 1. The van der Waals surface area contributed by atoms with Crippen molar-refractivity contribution >= 4 is 12.0 Å². The van der Waals surface area contributed by atoms with E-state index in [2.05, 4.69) is 10.3 Å². The van der Waals surface area contributed by atoms with Gasteiger partial charge in [0.2, 0.25) is 0 Å². The van der Waals surface area contributed by atoms with Gasteiger partial charge < -0.3 is 19.4 Å². The number of carbonyl (C=O) groups excluding carboxylic acids is 2. The molecule has 0 atom stereocenters. The van der Waals surface area contributed by atoms with Crippen LogP contribution in [0.1, 0.15) is 27.2 Å². The number of hydrogen-bond acceptors (Lipinski definition) is 5. The Labute approximate surface area is 133 Å². The minimum atomic E-state index is -0.372. The highest BCUT2D eigenvalue weighted by molar-refractivity contribution is 5.95. The molecule has 3 heterocycles. The summed E-state index contributed by atoms with van der Waals surface area (Å²) in [5.74, 6) is 0.491. The molecule has 0 bridgehead atoms. The molecule has 0 fully saturated rings. The van der Waals surface area contributed by atoms with Gasteiger partial charge in [-0.2, -0.15) is 0 Å². The minimum absolute atomic E-state index is 0.197. The van der Waals surface area contributed by atoms with E-state index < -0.39 is 0 Å². The molecule has 3 rings (SSSR count). The zero-order valence-corrected chi connectivity index (χ0v) is 12.7. The van der Waals surface area contributed by atoms with Gasteiger partial charge in [-0.05, 0) is 29.7 Å². The Balaban J connectivity index is 1.74. The Morgan fingerprint density at radius 3 is 3.04 bits per heavy atom. The maximum Gasteiger partial charge on any atom is 0.409 e. The number of pyridine rings is 1. The van der Waals surface area contributed by atoms with Gasteiger partial charge in [0.25, 0.3) is 5.91 Å². The third kappa shape index (κ3) is 3.18. The monoisotopic (exact) mass is 315 g/mol. The van der Waals surface area contributed by atoms with Crippen molar-refractivity contribution in [1.29, 1.82) is 0 Å². The highest BCUT2D eigenvalue weighted by atomic mass is 16.5. The Bertz CT molecular complexity index is 712. The van der Waals surface area contributed by atoms with Gasteiger partial charge in [-0.15, -0.1) is 0 Å². The number of fused-ring (bicyclic) bond motifs is 1. The largest absolute Gasteiger partial charge is 0.467 e. The van der Waals surface area contributed by atoms with Crippen LogP contribution in [0.15, 0.2) is 35.2 Å². The summed E-state index contributed by atoms with van der Waals surface area (Å²) in [6.45, 7) is 1.24. The highest BCUT2D eigenvalue weighted by Gasteiger charge is 2.25. The summed E-state index contributed by atoms with van der Waals surface area (Å²) in [6.07, 6.45) is 5.03. The molecule has 1 N–H and O–H groups in total. The molecule has 2 aromatic heterocycles. The van der Waals surface area contributed by atoms with Gasteiger partial charge in [-0.1, -0.05) is 0 Å². The van der Waals surface area contributed by atoms with Gasteiger partial charge >= 0.3 is 6.09 Å². The average molecular weight is 315 g/mol. The van der Waals surface area contributed by atoms with Crippen molar-refractivity contribution in [1.82, 2.24) is 15.2 Å². The summed E-state index contributed by atoms with van der Waals surface area (Å²) >= 11 is 0. The van der Waals surface area contributed by atoms with E-state index in [-0.39, 0.29) is 12.0 Å². The van der Waals surface area contributed by atoms with Crippen molar-refractivity contribution in [2.75, 3.05) is 13.7 Å². The van der Waals surface area contributed by atoms with Gasteiger partial charge in [0, 0.05) is 18.9 Å². The van der Waals surface area contributed by atoms with E-state index in [0.717, 1.165) is 11.1 Å². The molecule has 23 heavy (non-hydrogen) atoms. The normalized spacial score (nSPS) is 13.3. The van der Waals surface area contributed by atoms with Crippen LogP contribution in [0, 0.1) is 0 Å². The van der Waals surface area contributed by atoms with Gasteiger partial charge in [0.15, 0.2) is 0 Å². The van der Waals surface area contributed by atoms with E-state index in [4.69, 9.17) is 9.15 Å². The fourth-order valence-corrected chi connectivity index (χ4v) is 2.65. The first kappa shape index (κ1) is 15.1. The predicted octanol–water partition coefficient (Wildman–Crippen LogP) is 1.73. The lowest BCUT2D eigenvalue weighted by Crippen LogP contribution is -2.37. The molecule has 7 heteroatoms. The molecule has 2 aromatic rings. The smallest absolute Gasteiger partial charge is 0.409 e. The molecule has 0 aromatic carbocycles. The predicted molar refractivity (Wildman–Crippen MR) is 80.6 cm³/mol. The lowest BCUT2D eigenvalue weighted by molar-refractivity contribution is 0.0945. The lowest BCUT2D eigenvalue weighted by Gasteiger charge is -2.28. The van der Waals surface area contributed by atoms with Crippen LogP contribution in [0.3, 0.4) is 0 Å². The van der Waals surface area contributed by atoms with E-state index >= 15 is 0 Å². The molecule has 1 aliphatic rings. The first-order chi connectivity index (χ1) is 11.2. The van der Waals surface area contributed by atoms with E-state index in [1.165, 1.54) is 7.11 Å². The fraction of sp³-hybridized carbons (Fsp3) is 0.312. The molecule has 0 saturated carbocycles. The topological polar surface area (TPSA) is 84.7 Å². The lowest BCUT2D eigenvalue weighted by atomic mass is 9.97. The third-order valence-electron chi connectivity index (χ3n) is 3.82. The second-order valence-electron chi connectivity index (χ2n) is 5.23. The number of methoxy groups -OCH3 is 1. The van der Waals surface area contributed by atoms with Crippen LogP contribution >= 0.6 is 0 Å². The zero-order chi connectivity index (χ0) is 16.2. The fourth-order valence-electron chi connectivity index (χ4n) is 2.65. The van der Waals surface area contributed by atoms with E-state index in [1.807, 2.05) is 0 Å². The van der Waals surface area contributed by atoms with Gasteiger partial charge in [0.1, 0.15) is 5.76 Å². The van der Waals surface area contributed by atoms with Gasteiger partial charge in [-0.3, -0.25) is 9.78 Å². The molecule has 0 spiro atoms. The first-order valence-electron chi connectivity index (χ1n) is 7.28. The molecule has 0 unspecified atom stereocenters. The van der Waals surface area contributed by atoms with Crippen LogP contribution in [0.25, 0.3) is 0 Å². The standard InChI is InChI=1S/C16H17N3O4/c1-22-16(21)19-5-4-13-11(10-19)7-17-9-14(13)15(20)18-8-12-3-2-6-23-12/h2-3,6-7,9H,4-5,8,10H2,1H3,(H,18,20). The van der Waals surface area contributed by atoms with Crippen molar-refractivity contribution in [3.63, 3.8) is 0 Å². The van der Waals surface area contributed by atoms with Gasteiger partial charge in [-0.25, -0.2) is 4.79 Å². The Kier molecular flexibility index (Phi) is 4.27. The second kappa shape index (κ2) is 6.51. The van der Waals surface area contributed by atoms with E-state index in [9.17, 15) is 9.59 Å². The maximum absolute atomic E-state index is 12.4. The SMILES string of the molecule is COC(=O)N1CCc2c(cncc2C(=O)NCc2ccco2)C1. The van der Waals surface area contributed by atoms with Gasteiger partial charge in [0.05, 0.1) is 32.0 Å². The van der Waals surface area contributed by atoms with Crippen LogP contribution in [0.2, 0.25) is 0 Å². The third-order valence-corrected chi connectivity index (χ3v) is 3.82. The number of nitrogens with one attached hydrogen (secondary N) is 1. The minimum Gasteiger partial charge on any atom is -0.467 e. The quantitative estimate of drug-likeness (QED) is 0.932. The van der Waals surface area contributed by atoms with Crippen LogP contribution in [-0.4, -0.2) is 35.5 Å². The maximum atomic E-state index is 12.4. The number of amides is 2. The second-order valence-corrected chi connectivity index (χ2v) is 5.23. The number of carbonyl (C=O) groups is 2. The molecule has 2 amide bonds. The van der Waals surface area contributed by atoms with Crippen molar-refractivity contribution < 1.29 is 18.7 Å². The van der Waals surface area contributed by atoms with Crippen LogP contribution in [0.4, 0.5) is 4.79 Å². The summed E-state index contributed by atoms with van der Waals surface area (Å²) in [5, 5.41) is 2.82. The summed E-state index contributed by atoms with van der Waals surface area (Å²) in [6, 6.07) is 3.57. The Morgan fingerprint density at radius 2 is 2.30 bits per heavy atom. The van der Waals surface area contributed by atoms with Crippen LogP contribution < -0.4 is 5.32 Å². The first-order valence-corrected chi connectivity index (χ1v) is 7.28. The number of nitrogens with zero attached hydrogens (tertiary/aromatic N) is 2. The van der Waals surface area contributed by atoms with Crippen molar-refractivity contribution in [2.24, 2.45) is 0 Å². The average Bonchev–Trinajstić information content (AvgIpc) is 3.11. The molecule has 0 aliphatic carbocycles. The zero-order valence-electron chi connectivity index (χ0n) is 12.7. The van der Waals surface area contributed by atoms with E-state index in [1.54, 1.807) is 35.7 Å². The summed E-state index contributed by atoms with van der Waals surface area (Å²) in [7, 11) is 1.36. The van der Waals surface area contributed by atoms with Crippen LogP contribution in [0.5, 0.6) is 0 Å². The molecule has 7 nitrogen and oxygen atoms in total. The number of hydrogen-bond donors (Lipinski definition) is 1. The summed E-state index contributed by atoms with van der Waals surface area (Å²) in [4.78, 5) is 29.7. The molecule has 1 aliphatic heterocycles. The Hall–Kier alpha value is -2.83. The van der Waals surface area contributed by atoms with Crippen molar-refractivity contribution in [2.45, 2.75) is 19.5 Å². The molecular weight excluding hydrogens is 298 g/mol. The van der Waals surface area contributed by atoms with Crippen molar-refractivity contribution in [3.8, 4) is 0 Å². The van der Waals surface area contributed by atoms with Crippen LogP contribution in [-0.2, 0) is 24.2 Å². The highest BCUT2D eigenvalue weighted by Crippen LogP contribution is 2.22. The summed E-state index contributed by atoms with van der Waals surface area (Å²) < 4.78 is 9.94. The molecule has 0 radical (unpaired) electrons. The van der Waals surface area contributed by atoms with E-state index in [0.29, 0.717) is 37.4 Å². The number of aromatic nitrogens is 1. The number of rotatable bonds is 3. The van der Waals surface area contributed by atoms with Crippen molar-refractivity contribution in [3.05, 3.63) is 53.2 Å². The molecule has 120 valence electrons. The number of ether oxygens (including phenoxy) is 1. The summed E-state index contributed by atoms with van der Waals surface area (Å²) in [5.41, 5.74) is 2.34. The molecular formula is C16H17N3O4.